The molecular formula is C15H15N3S. The number of para-hydroxylation sites is 1. The van der Waals surface area contributed by atoms with E-state index in [1.165, 1.54) is 24.8 Å². The Balaban J connectivity index is 1.71. The van der Waals surface area contributed by atoms with Gasteiger partial charge in [0.05, 0.1) is 23.4 Å². The Labute approximate surface area is 115 Å². The van der Waals surface area contributed by atoms with E-state index in [0.717, 1.165) is 16.6 Å². The SMILES string of the molecule is c1cc(NC2CCCc3sccc32)c2[nH]ncc2c1. The van der Waals surface area contributed by atoms with Crippen LogP contribution in [-0.2, 0) is 6.42 Å². The molecule has 2 heterocycles. The van der Waals surface area contributed by atoms with Gasteiger partial charge in [-0.25, -0.2) is 0 Å². The van der Waals surface area contributed by atoms with Crippen LogP contribution in [0.3, 0.4) is 0 Å². The van der Waals surface area contributed by atoms with Crippen molar-refractivity contribution in [2.75, 3.05) is 5.32 Å². The number of benzene rings is 1. The summed E-state index contributed by atoms with van der Waals surface area (Å²) in [5, 5.41) is 14.3. The number of fused-ring (bicyclic) bond motifs is 2. The lowest BCUT2D eigenvalue weighted by molar-refractivity contribution is 0.609. The molecule has 0 fully saturated rings. The fourth-order valence-electron chi connectivity index (χ4n) is 2.91. The number of aryl methyl sites for hydroxylation is 1. The van der Waals surface area contributed by atoms with Gasteiger partial charge in [0.15, 0.2) is 0 Å². The van der Waals surface area contributed by atoms with Gasteiger partial charge < -0.3 is 5.32 Å². The number of thiophene rings is 1. The zero-order valence-electron chi connectivity index (χ0n) is 10.5. The molecule has 4 heteroatoms. The predicted octanol–water partition coefficient (Wildman–Crippen LogP) is 4.11. The van der Waals surface area contributed by atoms with E-state index in [-0.39, 0.29) is 0 Å². The van der Waals surface area contributed by atoms with Gasteiger partial charge in [0.25, 0.3) is 0 Å². The number of nitrogens with one attached hydrogen (secondary N) is 2. The van der Waals surface area contributed by atoms with Gasteiger partial charge in [-0.1, -0.05) is 12.1 Å². The lowest BCUT2D eigenvalue weighted by atomic mass is 9.94. The molecular weight excluding hydrogens is 254 g/mol. The monoisotopic (exact) mass is 269 g/mol. The van der Waals surface area contributed by atoms with E-state index in [0.29, 0.717) is 6.04 Å². The standard InChI is InChI=1S/C15H15N3S/c1-3-10-9-16-18-15(10)13(5-1)17-12-4-2-6-14-11(12)7-8-19-14/h1,3,5,7-9,12,17H,2,4,6H2,(H,16,18). The summed E-state index contributed by atoms with van der Waals surface area (Å²) in [5.74, 6) is 0. The van der Waals surface area contributed by atoms with Gasteiger partial charge >= 0.3 is 0 Å². The van der Waals surface area contributed by atoms with Gasteiger partial charge in [0, 0.05) is 10.3 Å². The molecule has 0 bridgehead atoms. The summed E-state index contributed by atoms with van der Waals surface area (Å²) in [7, 11) is 0. The molecule has 0 spiro atoms. The highest BCUT2D eigenvalue weighted by Gasteiger charge is 2.21. The second-order valence-corrected chi connectivity index (χ2v) is 6.03. The molecule has 2 N–H and O–H groups in total. The van der Waals surface area contributed by atoms with E-state index in [1.807, 2.05) is 17.5 Å². The quantitative estimate of drug-likeness (QED) is 0.735. The molecule has 0 amide bonds. The highest BCUT2D eigenvalue weighted by Crippen LogP contribution is 2.36. The predicted molar refractivity (Wildman–Crippen MR) is 79.7 cm³/mol. The summed E-state index contributed by atoms with van der Waals surface area (Å²) < 4.78 is 0. The number of nitrogens with zero attached hydrogens (tertiary/aromatic N) is 1. The zero-order chi connectivity index (χ0) is 12.7. The lowest BCUT2D eigenvalue weighted by Gasteiger charge is -2.25. The number of rotatable bonds is 2. The van der Waals surface area contributed by atoms with E-state index in [9.17, 15) is 0 Å². The molecule has 19 heavy (non-hydrogen) atoms. The maximum absolute atomic E-state index is 4.13. The molecule has 4 rings (SSSR count). The van der Waals surface area contributed by atoms with Crippen molar-refractivity contribution in [2.45, 2.75) is 25.3 Å². The third-order valence-corrected chi connectivity index (χ3v) is 4.85. The average molecular weight is 269 g/mol. The Morgan fingerprint density at radius 1 is 1.32 bits per heavy atom. The van der Waals surface area contributed by atoms with Gasteiger partial charge in [-0.3, -0.25) is 5.10 Å². The van der Waals surface area contributed by atoms with Crippen LogP contribution in [0.5, 0.6) is 0 Å². The number of aromatic amines is 1. The lowest BCUT2D eigenvalue weighted by Crippen LogP contribution is -2.15. The van der Waals surface area contributed by atoms with Gasteiger partial charge in [-0.05, 0) is 42.3 Å². The molecule has 0 radical (unpaired) electrons. The molecule has 1 aromatic carbocycles. The minimum Gasteiger partial charge on any atom is -0.376 e. The smallest absolute Gasteiger partial charge is 0.0881 e. The minimum absolute atomic E-state index is 0.434. The molecule has 0 saturated heterocycles. The molecule has 3 aromatic rings. The third-order valence-electron chi connectivity index (χ3n) is 3.86. The first-order valence-corrected chi connectivity index (χ1v) is 7.55. The molecule has 1 aliphatic rings. The molecule has 0 aliphatic heterocycles. The van der Waals surface area contributed by atoms with E-state index in [1.54, 1.807) is 4.88 Å². The van der Waals surface area contributed by atoms with Crippen molar-refractivity contribution in [1.82, 2.24) is 10.2 Å². The number of anilines is 1. The third kappa shape index (κ3) is 1.83. The van der Waals surface area contributed by atoms with Crippen molar-refractivity contribution in [3.63, 3.8) is 0 Å². The summed E-state index contributed by atoms with van der Waals surface area (Å²) in [6.07, 6.45) is 5.58. The fraction of sp³-hybridized carbons (Fsp3) is 0.267. The molecule has 0 saturated carbocycles. The molecule has 2 aromatic heterocycles. The van der Waals surface area contributed by atoms with Gasteiger partial charge in [-0.15, -0.1) is 11.3 Å². The first kappa shape index (κ1) is 11.1. The van der Waals surface area contributed by atoms with Crippen molar-refractivity contribution in [2.24, 2.45) is 0 Å². The average Bonchev–Trinajstić information content (AvgIpc) is 3.08. The van der Waals surface area contributed by atoms with Crippen LogP contribution in [0.4, 0.5) is 5.69 Å². The number of hydrogen-bond acceptors (Lipinski definition) is 3. The molecule has 1 aliphatic carbocycles. The normalized spacial score (nSPS) is 18.4. The minimum atomic E-state index is 0.434. The molecule has 96 valence electrons. The zero-order valence-corrected chi connectivity index (χ0v) is 11.3. The summed E-state index contributed by atoms with van der Waals surface area (Å²) in [6.45, 7) is 0. The van der Waals surface area contributed by atoms with Crippen LogP contribution in [0.2, 0.25) is 0 Å². The number of H-pyrrole nitrogens is 1. The summed E-state index contributed by atoms with van der Waals surface area (Å²) in [4.78, 5) is 1.54. The Kier molecular flexibility index (Phi) is 2.55. The second kappa shape index (κ2) is 4.38. The number of aromatic nitrogens is 2. The highest BCUT2D eigenvalue weighted by molar-refractivity contribution is 7.10. The van der Waals surface area contributed by atoms with Crippen LogP contribution in [0.1, 0.15) is 29.3 Å². The van der Waals surface area contributed by atoms with Crippen molar-refractivity contribution in [1.29, 1.82) is 0 Å². The van der Waals surface area contributed by atoms with E-state index in [2.05, 4.69) is 45.2 Å². The van der Waals surface area contributed by atoms with Gasteiger partial charge in [0.2, 0.25) is 0 Å². The van der Waals surface area contributed by atoms with Crippen LogP contribution in [0, 0.1) is 0 Å². The van der Waals surface area contributed by atoms with Crippen LogP contribution in [0.25, 0.3) is 10.9 Å². The summed E-state index contributed by atoms with van der Waals surface area (Å²) in [5.41, 5.74) is 3.73. The Hall–Kier alpha value is -1.81. The largest absolute Gasteiger partial charge is 0.376 e. The summed E-state index contributed by atoms with van der Waals surface area (Å²) in [6, 6.07) is 8.99. The van der Waals surface area contributed by atoms with Crippen LogP contribution in [0.15, 0.2) is 35.8 Å². The summed E-state index contributed by atoms with van der Waals surface area (Å²) >= 11 is 1.88. The van der Waals surface area contributed by atoms with E-state index < -0.39 is 0 Å². The van der Waals surface area contributed by atoms with E-state index in [4.69, 9.17) is 0 Å². The maximum atomic E-state index is 4.13. The van der Waals surface area contributed by atoms with Crippen molar-refractivity contribution < 1.29 is 0 Å². The first-order chi connectivity index (χ1) is 9.42. The van der Waals surface area contributed by atoms with Gasteiger partial charge in [-0.2, -0.15) is 5.10 Å². The van der Waals surface area contributed by atoms with Crippen molar-refractivity contribution in [3.05, 3.63) is 46.3 Å². The maximum Gasteiger partial charge on any atom is 0.0881 e. The molecule has 1 unspecified atom stereocenters. The first-order valence-electron chi connectivity index (χ1n) is 6.67. The molecule has 3 nitrogen and oxygen atoms in total. The Morgan fingerprint density at radius 3 is 3.32 bits per heavy atom. The van der Waals surface area contributed by atoms with Crippen molar-refractivity contribution >= 4 is 27.9 Å². The Morgan fingerprint density at radius 2 is 2.32 bits per heavy atom. The van der Waals surface area contributed by atoms with Gasteiger partial charge in [0.1, 0.15) is 0 Å². The van der Waals surface area contributed by atoms with Crippen LogP contribution >= 0.6 is 11.3 Å². The second-order valence-electron chi connectivity index (χ2n) is 5.03. The Bertz CT molecular complexity index is 713. The van der Waals surface area contributed by atoms with Crippen LogP contribution < -0.4 is 5.32 Å². The number of hydrogen-bond donors (Lipinski definition) is 2. The van der Waals surface area contributed by atoms with Crippen LogP contribution in [-0.4, -0.2) is 10.2 Å². The topological polar surface area (TPSA) is 40.7 Å². The fourth-order valence-corrected chi connectivity index (χ4v) is 3.90. The van der Waals surface area contributed by atoms with Crippen molar-refractivity contribution in [3.8, 4) is 0 Å². The van der Waals surface area contributed by atoms with E-state index >= 15 is 0 Å². The highest BCUT2D eigenvalue weighted by atomic mass is 32.1. The molecule has 1 atom stereocenters.